The zero-order valence-electron chi connectivity index (χ0n) is 14.1. The first-order chi connectivity index (χ1) is 9.39. The van der Waals surface area contributed by atoms with E-state index in [1.54, 1.807) is 0 Å². The summed E-state index contributed by atoms with van der Waals surface area (Å²) in [5, 5.41) is 7.23. The number of unbranched alkanes of at least 4 members (excludes halogenated alkanes) is 3. The molecule has 0 bridgehead atoms. The van der Waals surface area contributed by atoms with Crippen LogP contribution in [0, 0.1) is 0 Å². The maximum atomic E-state index is 4.89. The summed E-state index contributed by atoms with van der Waals surface area (Å²) >= 11 is 1.82. The van der Waals surface area contributed by atoms with Gasteiger partial charge in [-0.2, -0.15) is 0 Å². The first-order valence-corrected chi connectivity index (χ1v) is 9.00. The van der Waals surface area contributed by atoms with E-state index in [1.807, 2.05) is 11.3 Å². The normalized spacial score (nSPS) is 15.0. The van der Waals surface area contributed by atoms with Crippen LogP contribution in [-0.4, -0.2) is 11.0 Å². The Morgan fingerprint density at radius 3 is 2.40 bits per heavy atom. The molecule has 0 aromatic carbocycles. The summed E-state index contributed by atoms with van der Waals surface area (Å²) in [6, 6.07) is 0.484. The average molecular weight is 297 g/mol. The molecule has 116 valence electrons. The zero-order chi connectivity index (χ0) is 15.2. The summed E-state index contributed by atoms with van der Waals surface area (Å²) in [7, 11) is 0. The molecule has 3 heteroatoms. The minimum atomic E-state index is 0.0275. The summed E-state index contributed by atoms with van der Waals surface area (Å²) < 4.78 is 0. The van der Waals surface area contributed by atoms with Crippen LogP contribution in [0.5, 0.6) is 0 Å². The molecular formula is C17H32N2S. The molecule has 1 heterocycles. The number of aromatic nitrogens is 1. The number of hydrogen-bond acceptors (Lipinski definition) is 3. The maximum absolute atomic E-state index is 4.89. The molecule has 0 radical (unpaired) electrons. The Morgan fingerprint density at radius 2 is 1.90 bits per heavy atom. The predicted molar refractivity (Wildman–Crippen MR) is 90.6 cm³/mol. The van der Waals surface area contributed by atoms with E-state index in [0.717, 1.165) is 0 Å². The van der Waals surface area contributed by atoms with Crippen molar-refractivity contribution >= 4 is 11.3 Å². The van der Waals surface area contributed by atoms with Crippen molar-refractivity contribution in [3.8, 4) is 0 Å². The van der Waals surface area contributed by atoms with Crippen LogP contribution in [0.3, 0.4) is 0 Å². The van der Waals surface area contributed by atoms with Crippen LogP contribution < -0.4 is 5.32 Å². The van der Waals surface area contributed by atoms with Crippen LogP contribution in [0.15, 0.2) is 5.38 Å². The molecule has 0 aliphatic carbocycles. The Kier molecular flexibility index (Phi) is 7.18. The number of nitrogens with zero attached hydrogens (tertiary/aromatic N) is 1. The second-order valence-electron chi connectivity index (χ2n) is 6.67. The lowest BCUT2D eigenvalue weighted by molar-refractivity contribution is 0.299. The molecule has 0 saturated carbocycles. The van der Waals surface area contributed by atoms with Gasteiger partial charge in [0.1, 0.15) is 5.01 Å². The van der Waals surface area contributed by atoms with Gasteiger partial charge in [0.2, 0.25) is 0 Å². The lowest BCUT2D eigenvalue weighted by atomic mass is 9.93. The fraction of sp³-hybridized carbons (Fsp3) is 0.824. The van der Waals surface area contributed by atoms with Crippen LogP contribution in [-0.2, 0) is 5.54 Å². The monoisotopic (exact) mass is 296 g/mol. The Hall–Kier alpha value is -0.410. The first-order valence-electron chi connectivity index (χ1n) is 8.12. The maximum Gasteiger partial charge on any atom is 0.113 e. The van der Waals surface area contributed by atoms with Gasteiger partial charge in [-0.1, -0.05) is 46.5 Å². The summed E-state index contributed by atoms with van der Waals surface area (Å²) in [5.74, 6) is 0.517. The van der Waals surface area contributed by atoms with Crippen LogP contribution in [0.25, 0.3) is 0 Å². The van der Waals surface area contributed by atoms with Crippen molar-refractivity contribution in [1.82, 2.24) is 10.3 Å². The molecule has 0 amide bonds. The van der Waals surface area contributed by atoms with Gasteiger partial charge < -0.3 is 5.32 Å². The fourth-order valence-corrected chi connectivity index (χ4v) is 3.72. The molecule has 1 aromatic rings. The topological polar surface area (TPSA) is 24.9 Å². The van der Waals surface area contributed by atoms with Crippen LogP contribution >= 0.6 is 11.3 Å². The van der Waals surface area contributed by atoms with Gasteiger partial charge in [-0.3, -0.25) is 0 Å². The third-order valence-corrected chi connectivity index (χ3v) is 4.85. The number of rotatable bonds is 9. The Labute approximate surface area is 129 Å². The molecule has 0 aliphatic heterocycles. The van der Waals surface area contributed by atoms with Gasteiger partial charge in [0.25, 0.3) is 0 Å². The zero-order valence-corrected chi connectivity index (χ0v) is 14.9. The van der Waals surface area contributed by atoms with E-state index in [0.29, 0.717) is 12.0 Å². The van der Waals surface area contributed by atoms with Crippen molar-refractivity contribution in [3.63, 3.8) is 0 Å². The summed E-state index contributed by atoms with van der Waals surface area (Å²) in [5.41, 5.74) is 1.26. The highest BCUT2D eigenvalue weighted by atomic mass is 32.1. The molecule has 1 aromatic heterocycles. The first kappa shape index (κ1) is 17.6. The van der Waals surface area contributed by atoms with E-state index in [9.17, 15) is 0 Å². The summed E-state index contributed by atoms with van der Waals surface area (Å²) in [6.45, 7) is 13.5. The van der Waals surface area contributed by atoms with Gasteiger partial charge >= 0.3 is 0 Å². The number of hydrogen-bond donors (Lipinski definition) is 1. The fourth-order valence-electron chi connectivity index (χ4n) is 2.59. The predicted octanol–water partition coefficient (Wildman–Crippen LogP) is 5.45. The van der Waals surface area contributed by atoms with Crippen LogP contribution in [0.1, 0.15) is 90.3 Å². The molecular weight excluding hydrogens is 264 g/mol. The molecule has 0 saturated heterocycles. The molecule has 1 rings (SSSR count). The lowest BCUT2D eigenvalue weighted by Crippen LogP contribution is -2.43. The Morgan fingerprint density at radius 1 is 1.20 bits per heavy atom. The van der Waals surface area contributed by atoms with Crippen molar-refractivity contribution in [2.24, 2.45) is 0 Å². The Bertz CT molecular complexity index is 384. The number of thiazole rings is 1. The minimum Gasteiger partial charge on any atom is -0.303 e. The second kappa shape index (κ2) is 8.14. The number of nitrogens with one attached hydrogen (secondary N) is 1. The van der Waals surface area contributed by atoms with Crippen molar-refractivity contribution < 1.29 is 0 Å². The van der Waals surface area contributed by atoms with E-state index >= 15 is 0 Å². The van der Waals surface area contributed by atoms with Crippen molar-refractivity contribution in [2.75, 3.05) is 0 Å². The Balaban J connectivity index is 2.79. The molecule has 0 aliphatic rings. The van der Waals surface area contributed by atoms with E-state index < -0.39 is 0 Å². The smallest absolute Gasteiger partial charge is 0.113 e. The third-order valence-electron chi connectivity index (χ3n) is 3.72. The van der Waals surface area contributed by atoms with E-state index in [4.69, 9.17) is 4.98 Å². The largest absolute Gasteiger partial charge is 0.303 e. The van der Waals surface area contributed by atoms with E-state index in [2.05, 4.69) is 52.2 Å². The highest BCUT2D eigenvalue weighted by Gasteiger charge is 2.30. The highest BCUT2D eigenvalue weighted by molar-refractivity contribution is 7.09. The lowest BCUT2D eigenvalue weighted by Gasteiger charge is -2.31. The molecule has 1 unspecified atom stereocenters. The standard InChI is InChI=1S/C17H32N2S/c1-7-8-9-10-11-17(6,19-14(4)5)16-18-15(12-20-16)13(2)3/h12-14,19H,7-11H2,1-6H3. The quantitative estimate of drug-likeness (QED) is 0.613. The molecule has 20 heavy (non-hydrogen) atoms. The van der Waals surface area contributed by atoms with E-state index in [-0.39, 0.29) is 5.54 Å². The average Bonchev–Trinajstić information content (AvgIpc) is 2.84. The van der Waals surface area contributed by atoms with Crippen molar-refractivity contribution in [2.45, 2.75) is 91.1 Å². The van der Waals surface area contributed by atoms with Gasteiger partial charge in [-0.25, -0.2) is 4.98 Å². The van der Waals surface area contributed by atoms with Gasteiger partial charge in [-0.05, 0) is 33.1 Å². The SMILES string of the molecule is CCCCCCC(C)(NC(C)C)c1nc(C(C)C)cs1. The van der Waals surface area contributed by atoms with Crippen LogP contribution in [0.4, 0.5) is 0 Å². The summed E-state index contributed by atoms with van der Waals surface area (Å²) in [4.78, 5) is 4.89. The van der Waals surface area contributed by atoms with Crippen molar-refractivity contribution in [1.29, 1.82) is 0 Å². The highest BCUT2D eigenvalue weighted by Crippen LogP contribution is 2.32. The van der Waals surface area contributed by atoms with Gasteiger partial charge in [0.05, 0.1) is 11.2 Å². The van der Waals surface area contributed by atoms with Gasteiger partial charge in [0, 0.05) is 11.4 Å². The molecule has 1 atom stereocenters. The molecule has 0 spiro atoms. The molecule has 0 fully saturated rings. The van der Waals surface area contributed by atoms with Crippen LogP contribution in [0.2, 0.25) is 0 Å². The minimum absolute atomic E-state index is 0.0275. The van der Waals surface area contributed by atoms with Gasteiger partial charge in [0.15, 0.2) is 0 Å². The summed E-state index contributed by atoms with van der Waals surface area (Å²) in [6.07, 6.45) is 6.42. The van der Waals surface area contributed by atoms with E-state index in [1.165, 1.54) is 42.8 Å². The van der Waals surface area contributed by atoms with Crippen molar-refractivity contribution in [3.05, 3.63) is 16.1 Å². The second-order valence-corrected chi connectivity index (χ2v) is 7.53. The third kappa shape index (κ3) is 5.17. The molecule has 1 N–H and O–H groups in total. The van der Waals surface area contributed by atoms with Gasteiger partial charge in [-0.15, -0.1) is 11.3 Å². The molecule has 2 nitrogen and oxygen atoms in total.